The maximum absolute atomic E-state index is 11.6. The van der Waals surface area contributed by atoms with Gasteiger partial charge in [0.25, 0.3) is 0 Å². The zero-order valence-corrected chi connectivity index (χ0v) is 11.3. The minimum atomic E-state index is -1.14. The summed E-state index contributed by atoms with van der Waals surface area (Å²) in [6.07, 6.45) is 0.327. The van der Waals surface area contributed by atoms with Crippen LogP contribution >= 0.6 is 11.3 Å². The average Bonchev–Trinajstić information content (AvgIpc) is 2.69. The second kappa shape index (κ2) is 5.79. The first-order chi connectivity index (χ1) is 9.04. The highest BCUT2D eigenvalue weighted by Crippen LogP contribution is 2.26. The van der Waals surface area contributed by atoms with E-state index in [1.165, 1.54) is 11.3 Å². The number of rotatable bonds is 5. The quantitative estimate of drug-likeness (QED) is 0.897. The molecule has 0 radical (unpaired) electrons. The number of hydrogen-bond acceptors (Lipinski definition) is 5. The smallest absolute Gasteiger partial charge is 0.226 e. The number of nitrogens with zero attached hydrogens (tertiary/aromatic N) is 1. The number of aromatic nitrogens is 1. The number of benzene rings is 1. The van der Waals surface area contributed by atoms with Crippen LogP contribution in [-0.4, -0.2) is 16.9 Å². The molecular formula is C13H13N2O3S-. The lowest BCUT2D eigenvalue weighted by Gasteiger charge is -2.02. The third-order valence-electron chi connectivity index (χ3n) is 2.58. The highest BCUT2D eigenvalue weighted by atomic mass is 32.1. The number of aliphatic carboxylic acids is 1. The van der Waals surface area contributed by atoms with E-state index < -0.39 is 5.97 Å². The summed E-state index contributed by atoms with van der Waals surface area (Å²) >= 11 is 1.41. The molecule has 5 nitrogen and oxygen atoms in total. The van der Waals surface area contributed by atoms with Gasteiger partial charge in [-0.15, -0.1) is 0 Å². The number of aryl methyl sites for hydroxylation is 1. The molecule has 0 bridgehead atoms. The number of carbonyl (C=O) groups excluding carboxylic acids is 2. The van der Waals surface area contributed by atoms with Crippen LogP contribution in [0.3, 0.4) is 0 Å². The highest BCUT2D eigenvalue weighted by Gasteiger charge is 2.07. The number of nitrogens with one attached hydrogen (secondary N) is 1. The number of thiazole rings is 1. The molecule has 6 heteroatoms. The molecule has 1 N–H and O–H groups in total. The minimum absolute atomic E-state index is 0.105. The molecule has 1 aromatic heterocycles. The van der Waals surface area contributed by atoms with Gasteiger partial charge in [-0.05, 0) is 37.5 Å². The van der Waals surface area contributed by atoms with Crippen LogP contribution in [0.2, 0.25) is 0 Å². The fraction of sp³-hybridized carbons (Fsp3) is 0.308. The zero-order valence-electron chi connectivity index (χ0n) is 10.4. The molecule has 1 amide bonds. The summed E-state index contributed by atoms with van der Waals surface area (Å²) in [6.45, 7) is 2.00. The van der Waals surface area contributed by atoms with E-state index in [1.807, 2.05) is 25.1 Å². The van der Waals surface area contributed by atoms with Crippen molar-refractivity contribution >= 4 is 38.6 Å². The Morgan fingerprint density at radius 2 is 2.16 bits per heavy atom. The van der Waals surface area contributed by atoms with Crippen LogP contribution < -0.4 is 10.4 Å². The largest absolute Gasteiger partial charge is 0.550 e. The van der Waals surface area contributed by atoms with Crippen molar-refractivity contribution in [3.63, 3.8) is 0 Å². The van der Waals surface area contributed by atoms with Crippen LogP contribution in [0.1, 0.15) is 24.8 Å². The standard InChI is InChI=1S/C13H14N2O3S/c1-8-5-6-9-10(7-8)19-13(14-9)15-11(16)3-2-4-12(17)18/h5-7H,2-4H2,1H3,(H,17,18)(H,14,15,16)/p-1. The molecular weight excluding hydrogens is 264 g/mol. The van der Waals surface area contributed by atoms with Gasteiger partial charge in [0, 0.05) is 12.4 Å². The molecule has 0 fully saturated rings. The van der Waals surface area contributed by atoms with Crippen LogP contribution in [0.25, 0.3) is 10.2 Å². The van der Waals surface area contributed by atoms with Crippen molar-refractivity contribution in [1.82, 2.24) is 4.98 Å². The molecule has 1 heterocycles. The predicted molar refractivity (Wildman–Crippen MR) is 71.8 cm³/mol. The van der Waals surface area contributed by atoms with Crippen LogP contribution in [0.4, 0.5) is 5.13 Å². The van der Waals surface area contributed by atoms with Crippen molar-refractivity contribution in [3.05, 3.63) is 23.8 Å². The molecule has 0 unspecified atom stereocenters. The van der Waals surface area contributed by atoms with E-state index in [-0.39, 0.29) is 25.2 Å². The third-order valence-corrected chi connectivity index (χ3v) is 3.51. The first-order valence-electron chi connectivity index (χ1n) is 5.91. The molecule has 2 rings (SSSR count). The Bertz CT molecular complexity index is 621. The maximum atomic E-state index is 11.6. The number of carboxylic acid groups (broad SMARTS) is 1. The van der Waals surface area contributed by atoms with Crippen LogP contribution in [0.15, 0.2) is 18.2 Å². The zero-order chi connectivity index (χ0) is 13.8. The van der Waals surface area contributed by atoms with E-state index in [1.54, 1.807) is 0 Å². The number of amides is 1. The molecule has 0 aliphatic rings. The third kappa shape index (κ3) is 3.75. The summed E-state index contributed by atoms with van der Waals surface area (Å²) in [5.74, 6) is -1.36. The Morgan fingerprint density at radius 3 is 2.89 bits per heavy atom. The molecule has 0 saturated heterocycles. The molecule has 0 aliphatic heterocycles. The molecule has 100 valence electrons. The number of anilines is 1. The number of carbonyl (C=O) groups is 2. The maximum Gasteiger partial charge on any atom is 0.226 e. The van der Waals surface area contributed by atoms with E-state index in [9.17, 15) is 14.7 Å². The van der Waals surface area contributed by atoms with Crippen molar-refractivity contribution < 1.29 is 14.7 Å². The fourth-order valence-electron chi connectivity index (χ4n) is 1.66. The average molecular weight is 277 g/mol. The molecule has 1 aromatic carbocycles. The van der Waals surface area contributed by atoms with Crippen LogP contribution in [-0.2, 0) is 9.59 Å². The Kier molecular flexibility index (Phi) is 4.11. The van der Waals surface area contributed by atoms with Gasteiger partial charge in [-0.3, -0.25) is 4.79 Å². The van der Waals surface area contributed by atoms with Gasteiger partial charge in [0.05, 0.1) is 10.2 Å². The number of carboxylic acids is 1. The first kappa shape index (κ1) is 13.5. The van der Waals surface area contributed by atoms with Gasteiger partial charge in [0.15, 0.2) is 5.13 Å². The second-order valence-electron chi connectivity index (χ2n) is 4.26. The summed E-state index contributed by atoms with van der Waals surface area (Å²) < 4.78 is 1.02. The van der Waals surface area contributed by atoms with E-state index in [2.05, 4.69) is 10.3 Å². The van der Waals surface area contributed by atoms with Gasteiger partial charge in [-0.1, -0.05) is 17.4 Å². The van der Waals surface area contributed by atoms with E-state index in [4.69, 9.17) is 0 Å². The monoisotopic (exact) mass is 277 g/mol. The molecule has 2 aromatic rings. The van der Waals surface area contributed by atoms with Crippen molar-refractivity contribution in [3.8, 4) is 0 Å². The van der Waals surface area contributed by atoms with Crippen molar-refractivity contribution in [2.75, 3.05) is 5.32 Å². The summed E-state index contributed by atoms with van der Waals surface area (Å²) in [5, 5.41) is 13.5. The number of fused-ring (bicyclic) bond motifs is 1. The molecule has 0 aliphatic carbocycles. The van der Waals surface area contributed by atoms with Gasteiger partial charge in [0.2, 0.25) is 5.91 Å². The Morgan fingerprint density at radius 1 is 1.37 bits per heavy atom. The summed E-state index contributed by atoms with van der Waals surface area (Å²) in [5.41, 5.74) is 1.99. The van der Waals surface area contributed by atoms with Crippen LogP contribution in [0, 0.1) is 6.92 Å². The normalized spacial score (nSPS) is 10.6. The lowest BCUT2D eigenvalue weighted by Crippen LogP contribution is -2.22. The van der Waals surface area contributed by atoms with Gasteiger partial charge in [-0.25, -0.2) is 4.98 Å². The lowest BCUT2D eigenvalue weighted by molar-refractivity contribution is -0.305. The molecule has 19 heavy (non-hydrogen) atoms. The summed E-state index contributed by atoms with van der Waals surface area (Å²) in [6, 6.07) is 5.89. The minimum Gasteiger partial charge on any atom is -0.550 e. The Labute approximate surface area is 114 Å². The lowest BCUT2D eigenvalue weighted by atomic mass is 10.2. The SMILES string of the molecule is Cc1ccc2nc(NC(=O)CCCC(=O)[O-])sc2c1. The molecule has 0 saturated carbocycles. The van der Waals surface area contributed by atoms with E-state index >= 15 is 0 Å². The van der Waals surface area contributed by atoms with Gasteiger partial charge >= 0.3 is 0 Å². The Balaban J connectivity index is 1.97. The predicted octanol–water partition coefficient (Wildman–Crippen LogP) is 1.46. The topological polar surface area (TPSA) is 82.1 Å². The molecule has 0 atom stereocenters. The first-order valence-corrected chi connectivity index (χ1v) is 6.73. The van der Waals surface area contributed by atoms with E-state index in [0.29, 0.717) is 5.13 Å². The van der Waals surface area contributed by atoms with E-state index in [0.717, 1.165) is 15.8 Å². The van der Waals surface area contributed by atoms with Crippen molar-refractivity contribution in [2.45, 2.75) is 26.2 Å². The summed E-state index contributed by atoms with van der Waals surface area (Å²) in [7, 11) is 0. The van der Waals surface area contributed by atoms with Gasteiger partial charge in [-0.2, -0.15) is 0 Å². The summed E-state index contributed by atoms with van der Waals surface area (Å²) in [4.78, 5) is 26.1. The highest BCUT2D eigenvalue weighted by molar-refractivity contribution is 7.22. The Hall–Kier alpha value is -1.95. The van der Waals surface area contributed by atoms with Crippen molar-refractivity contribution in [1.29, 1.82) is 0 Å². The number of hydrogen-bond donors (Lipinski definition) is 1. The van der Waals surface area contributed by atoms with Gasteiger partial charge in [0.1, 0.15) is 0 Å². The van der Waals surface area contributed by atoms with Gasteiger partial charge < -0.3 is 15.2 Å². The van der Waals surface area contributed by atoms with Crippen molar-refractivity contribution in [2.24, 2.45) is 0 Å². The van der Waals surface area contributed by atoms with Crippen LogP contribution in [0.5, 0.6) is 0 Å². The second-order valence-corrected chi connectivity index (χ2v) is 5.29. The fourth-order valence-corrected chi connectivity index (χ4v) is 2.64. The molecule has 0 spiro atoms.